The van der Waals surface area contributed by atoms with Gasteiger partial charge in [0, 0.05) is 24.1 Å². The van der Waals surface area contributed by atoms with E-state index in [1.165, 1.54) is 0 Å². The Morgan fingerprint density at radius 3 is 2.48 bits per heavy atom. The van der Waals surface area contributed by atoms with Crippen molar-refractivity contribution in [2.24, 2.45) is 11.8 Å². The fraction of sp³-hybridized carbons (Fsp3) is 0.533. The van der Waals surface area contributed by atoms with Crippen LogP contribution in [0.3, 0.4) is 0 Å². The highest BCUT2D eigenvalue weighted by molar-refractivity contribution is 9.10. The largest absolute Gasteiger partial charge is 0.493 e. The molecule has 2 atom stereocenters. The van der Waals surface area contributed by atoms with Crippen molar-refractivity contribution in [1.82, 2.24) is 4.90 Å². The summed E-state index contributed by atoms with van der Waals surface area (Å²) < 4.78 is 11.5. The lowest BCUT2D eigenvalue weighted by molar-refractivity contribution is -0.142. The van der Waals surface area contributed by atoms with Crippen LogP contribution in [0.4, 0.5) is 0 Å². The van der Waals surface area contributed by atoms with Crippen LogP contribution in [-0.2, 0) is 11.3 Å². The molecule has 5 nitrogen and oxygen atoms in total. The summed E-state index contributed by atoms with van der Waals surface area (Å²) in [5.41, 5.74) is 1.06. The molecule has 1 aromatic carbocycles. The van der Waals surface area contributed by atoms with Crippen molar-refractivity contribution in [3.05, 3.63) is 22.2 Å². The van der Waals surface area contributed by atoms with Gasteiger partial charge in [0.1, 0.15) is 0 Å². The van der Waals surface area contributed by atoms with Crippen LogP contribution in [0, 0.1) is 11.8 Å². The number of aliphatic carboxylic acids is 1. The molecular weight excluding hydrogens is 338 g/mol. The maximum absolute atomic E-state index is 11.2. The van der Waals surface area contributed by atoms with Crippen LogP contribution >= 0.6 is 15.9 Å². The Morgan fingerprint density at radius 1 is 1.33 bits per heavy atom. The van der Waals surface area contributed by atoms with E-state index in [2.05, 4.69) is 20.8 Å². The Labute approximate surface area is 133 Å². The summed E-state index contributed by atoms with van der Waals surface area (Å²) in [4.78, 5) is 13.4. The summed E-state index contributed by atoms with van der Waals surface area (Å²) >= 11 is 3.54. The monoisotopic (exact) mass is 357 g/mol. The molecule has 116 valence electrons. The van der Waals surface area contributed by atoms with Crippen LogP contribution in [0.1, 0.15) is 12.5 Å². The molecule has 6 heteroatoms. The average molecular weight is 358 g/mol. The minimum atomic E-state index is -0.712. The van der Waals surface area contributed by atoms with Crippen molar-refractivity contribution in [1.29, 1.82) is 0 Å². The maximum Gasteiger partial charge on any atom is 0.308 e. The molecule has 0 radical (unpaired) electrons. The quantitative estimate of drug-likeness (QED) is 0.877. The van der Waals surface area contributed by atoms with Crippen molar-refractivity contribution in [2.45, 2.75) is 13.5 Å². The zero-order chi connectivity index (χ0) is 15.6. The number of benzene rings is 1. The Morgan fingerprint density at radius 2 is 1.95 bits per heavy atom. The van der Waals surface area contributed by atoms with Crippen LogP contribution in [0.5, 0.6) is 11.5 Å². The molecule has 2 rings (SSSR count). The molecule has 0 unspecified atom stereocenters. The van der Waals surface area contributed by atoms with Gasteiger partial charge in [-0.25, -0.2) is 0 Å². The second-order valence-electron chi connectivity index (χ2n) is 5.41. The van der Waals surface area contributed by atoms with Crippen LogP contribution in [0.2, 0.25) is 0 Å². The molecule has 1 aliphatic rings. The summed E-state index contributed by atoms with van der Waals surface area (Å²) in [5, 5.41) is 9.20. The van der Waals surface area contributed by atoms with Crippen molar-refractivity contribution in [2.75, 3.05) is 27.3 Å². The fourth-order valence-corrected chi connectivity index (χ4v) is 3.22. The van der Waals surface area contributed by atoms with E-state index < -0.39 is 5.97 Å². The van der Waals surface area contributed by atoms with E-state index in [0.29, 0.717) is 24.6 Å². The van der Waals surface area contributed by atoms with Gasteiger partial charge in [0.2, 0.25) is 0 Å². The van der Waals surface area contributed by atoms with E-state index in [9.17, 15) is 9.90 Å². The molecule has 1 N–H and O–H groups in total. The highest BCUT2D eigenvalue weighted by atomic mass is 79.9. The summed E-state index contributed by atoms with van der Waals surface area (Å²) in [7, 11) is 3.21. The van der Waals surface area contributed by atoms with Gasteiger partial charge in [0.15, 0.2) is 11.5 Å². The molecule has 1 heterocycles. The summed E-state index contributed by atoms with van der Waals surface area (Å²) in [5.74, 6) is 0.519. The minimum absolute atomic E-state index is 0.168. The smallest absolute Gasteiger partial charge is 0.308 e. The number of carboxylic acid groups (broad SMARTS) is 1. The normalized spacial score (nSPS) is 22.3. The van der Waals surface area contributed by atoms with Gasteiger partial charge in [-0.05, 0) is 23.6 Å². The first-order valence-corrected chi connectivity index (χ1v) is 7.61. The fourth-order valence-electron chi connectivity index (χ4n) is 2.78. The molecule has 1 aromatic rings. The second kappa shape index (κ2) is 6.66. The van der Waals surface area contributed by atoms with E-state index >= 15 is 0 Å². The summed E-state index contributed by atoms with van der Waals surface area (Å²) in [6.07, 6.45) is 0. The highest BCUT2D eigenvalue weighted by Gasteiger charge is 2.34. The molecular formula is C15H20BrNO4. The average Bonchev–Trinajstić information content (AvgIpc) is 2.81. The molecule has 0 aliphatic carbocycles. The number of hydrogen-bond donors (Lipinski definition) is 1. The highest BCUT2D eigenvalue weighted by Crippen LogP contribution is 2.35. The lowest BCUT2D eigenvalue weighted by Crippen LogP contribution is -2.23. The first-order valence-electron chi connectivity index (χ1n) is 6.81. The summed E-state index contributed by atoms with van der Waals surface area (Å²) in [6.45, 7) is 4.05. The zero-order valence-electron chi connectivity index (χ0n) is 12.4. The SMILES string of the molecule is COc1cc(Br)c(CN2C[C@@H](C)[C@H](C(=O)O)C2)cc1OC. The molecule has 1 fully saturated rings. The number of carboxylic acids is 1. The topological polar surface area (TPSA) is 59.0 Å². The number of carbonyl (C=O) groups is 1. The van der Waals surface area contributed by atoms with Crippen molar-refractivity contribution in [3.63, 3.8) is 0 Å². The predicted octanol–water partition coefficient (Wildman–Crippen LogP) is 2.62. The Kier molecular flexibility index (Phi) is 5.11. The number of likely N-dealkylation sites (tertiary alicyclic amines) is 1. The number of methoxy groups -OCH3 is 2. The third-order valence-electron chi connectivity index (χ3n) is 3.95. The number of nitrogens with zero attached hydrogens (tertiary/aromatic N) is 1. The Hall–Kier alpha value is -1.27. The second-order valence-corrected chi connectivity index (χ2v) is 6.27. The third-order valence-corrected chi connectivity index (χ3v) is 4.69. The van der Waals surface area contributed by atoms with Gasteiger partial charge in [-0.1, -0.05) is 22.9 Å². The van der Waals surface area contributed by atoms with Gasteiger partial charge in [0.25, 0.3) is 0 Å². The van der Waals surface area contributed by atoms with Crippen LogP contribution in [-0.4, -0.2) is 43.3 Å². The molecule has 1 aliphatic heterocycles. The predicted molar refractivity (Wildman–Crippen MR) is 82.8 cm³/mol. The van der Waals surface area contributed by atoms with E-state index in [1.807, 2.05) is 19.1 Å². The van der Waals surface area contributed by atoms with Gasteiger partial charge >= 0.3 is 5.97 Å². The molecule has 0 aromatic heterocycles. The number of rotatable bonds is 5. The summed E-state index contributed by atoms with van der Waals surface area (Å²) in [6, 6.07) is 3.81. The van der Waals surface area contributed by atoms with Gasteiger partial charge in [-0.3, -0.25) is 9.69 Å². The van der Waals surface area contributed by atoms with Crippen LogP contribution < -0.4 is 9.47 Å². The van der Waals surface area contributed by atoms with Gasteiger partial charge in [0.05, 0.1) is 20.1 Å². The lowest BCUT2D eigenvalue weighted by Gasteiger charge is -2.18. The molecule has 21 heavy (non-hydrogen) atoms. The minimum Gasteiger partial charge on any atom is -0.493 e. The van der Waals surface area contributed by atoms with Gasteiger partial charge in [-0.2, -0.15) is 0 Å². The Bertz CT molecular complexity index is 535. The van der Waals surface area contributed by atoms with Crippen molar-refractivity contribution >= 4 is 21.9 Å². The van der Waals surface area contributed by atoms with E-state index in [1.54, 1.807) is 14.2 Å². The maximum atomic E-state index is 11.2. The first-order chi connectivity index (χ1) is 9.96. The van der Waals surface area contributed by atoms with Crippen LogP contribution in [0.15, 0.2) is 16.6 Å². The third kappa shape index (κ3) is 3.49. The standard InChI is InChI=1S/C15H20BrNO4/c1-9-6-17(8-11(9)15(18)19)7-10-4-13(20-2)14(21-3)5-12(10)16/h4-5,9,11H,6-8H2,1-3H3,(H,18,19)/t9-,11-/m1/s1. The molecule has 0 amide bonds. The van der Waals surface area contributed by atoms with Crippen LogP contribution in [0.25, 0.3) is 0 Å². The van der Waals surface area contributed by atoms with E-state index in [-0.39, 0.29) is 11.8 Å². The zero-order valence-corrected chi connectivity index (χ0v) is 14.0. The van der Waals surface area contributed by atoms with E-state index in [4.69, 9.17) is 9.47 Å². The first kappa shape index (κ1) is 16.1. The number of hydrogen-bond acceptors (Lipinski definition) is 4. The van der Waals surface area contributed by atoms with Gasteiger partial charge < -0.3 is 14.6 Å². The lowest BCUT2D eigenvalue weighted by atomic mass is 9.99. The van der Waals surface area contributed by atoms with Gasteiger partial charge in [-0.15, -0.1) is 0 Å². The molecule has 0 spiro atoms. The molecule has 0 bridgehead atoms. The molecule has 0 saturated carbocycles. The van der Waals surface area contributed by atoms with E-state index in [0.717, 1.165) is 16.6 Å². The Balaban J connectivity index is 2.15. The number of ether oxygens (including phenoxy) is 2. The van der Waals surface area contributed by atoms with Crippen molar-refractivity contribution in [3.8, 4) is 11.5 Å². The van der Waals surface area contributed by atoms with Crippen molar-refractivity contribution < 1.29 is 19.4 Å². The number of halogens is 1. The molecule has 1 saturated heterocycles.